The van der Waals surface area contributed by atoms with Gasteiger partial charge in [-0.05, 0) is 18.2 Å². The molecule has 0 unspecified atom stereocenters. The van der Waals surface area contributed by atoms with Crippen LogP contribution in [0.1, 0.15) is 5.56 Å². The molecule has 0 radical (unpaired) electrons. The van der Waals surface area contributed by atoms with Gasteiger partial charge in [0.1, 0.15) is 11.5 Å². The van der Waals surface area contributed by atoms with Crippen LogP contribution in [0.2, 0.25) is 0 Å². The molecule has 0 atom stereocenters. The van der Waals surface area contributed by atoms with Crippen LogP contribution < -0.4 is 0 Å². The van der Waals surface area contributed by atoms with E-state index in [1.54, 1.807) is 0 Å². The number of hydrogen-bond donors (Lipinski definition) is 3. The second kappa shape index (κ2) is 2.84. The molecule has 1 aromatic carbocycles. The van der Waals surface area contributed by atoms with E-state index < -0.39 is 0 Å². The zero-order valence-corrected chi connectivity index (χ0v) is 6.18. The third kappa shape index (κ3) is 1.36. The van der Waals surface area contributed by atoms with E-state index >= 15 is 0 Å². The van der Waals surface area contributed by atoms with Crippen LogP contribution in [0.4, 0.5) is 0 Å². The summed E-state index contributed by atoms with van der Waals surface area (Å²) < 4.78 is 0. The van der Waals surface area contributed by atoms with Gasteiger partial charge in [-0.2, -0.15) is 12.6 Å². The Morgan fingerprint density at radius 3 is 2.50 bits per heavy atom. The molecule has 0 saturated carbocycles. The van der Waals surface area contributed by atoms with E-state index in [1.165, 1.54) is 18.2 Å². The van der Waals surface area contributed by atoms with Crippen LogP contribution in [0, 0.1) is 0 Å². The Labute approximate surface area is 64.5 Å². The maximum absolute atomic E-state index is 9.07. The molecular formula is C7H8O2S. The first-order valence-electron chi connectivity index (χ1n) is 2.86. The van der Waals surface area contributed by atoms with E-state index in [4.69, 9.17) is 10.2 Å². The molecule has 2 N–H and O–H groups in total. The highest BCUT2D eigenvalue weighted by Gasteiger charge is 1.98. The molecule has 0 spiro atoms. The Hall–Kier alpha value is -0.830. The molecule has 0 aliphatic carbocycles. The fourth-order valence-electron chi connectivity index (χ4n) is 0.699. The minimum absolute atomic E-state index is 0.154. The lowest BCUT2D eigenvalue weighted by atomic mass is 10.2. The van der Waals surface area contributed by atoms with Crippen molar-refractivity contribution in [2.24, 2.45) is 0 Å². The Balaban J connectivity index is 3.09. The number of thiol groups is 1. The molecule has 0 aliphatic heterocycles. The van der Waals surface area contributed by atoms with Gasteiger partial charge in [0.15, 0.2) is 0 Å². The van der Waals surface area contributed by atoms with E-state index in [-0.39, 0.29) is 11.5 Å². The molecule has 0 amide bonds. The largest absolute Gasteiger partial charge is 0.508 e. The van der Waals surface area contributed by atoms with Gasteiger partial charge < -0.3 is 10.2 Å². The number of rotatable bonds is 1. The van der Waals surface area contributed by atoms with E-state index in [0.717, 1.165) is 0 Å². The summed E-state index contributed by atoms with van der Waals surface area (Å²) in [5.74, 6) is 0.759. The van der Waals surface area contributed by atoms with Gasteiger partial charge >= 0.3 is 0 Å². The zero-order chi connectivity index (χ0) is 7.56. The Kier molecular flexibility index (Phi) is 2.06. The van der Waals surface area contributed by atoms with Gasteiger partial charge in [-0.1, -0.05) is 0 Å². The van der Waals surface area contributed by atoms with Crippen molar-refractivity contribution in [1.29, 1.82) is 0 Å². The second-order valence-corrected chi connectivity index (χ2v) is 2.29. The number of benzene rings is 1. The van der Waals surface area contributed by atoms with Gasteiger partial charge in [0.25, 0.3) is 0 Å². The molecule has 0 aromatic heterocycles. The lowest BCUT2D eigenvalue weighted by molar-refractivity contribution is 0.456. The number of hydrogen-bond acceptors (Lipinski definition) is 3. The molecule has 0 saturated heterocycles. The highest BCUT2D eigenvalue weighted by Crippen LogP contribution is 2.22. The average Bonchev–Trinajstić information content (AvgIpc) is 1.94. The van der Waals surface area contributed by atoms with Crippen molar-refractivity contribution in [3.63, 3.8) is 0 Å². The summed E-state index contributed by atoms with van der Waals surface area (Å²) in [5.41, 5.74) is 0.642. The number of phenols is 2. The standard InChI is InChI=1S/C7H8O2S/c8-6-1-2-7(9)5(3-6)4-10/h1-3,8-10H,4H2. The molecule has 1 aromatic rings. The van der Waals surface area contributed by atoms with Gasteiger partial charge in [0.05, 0.1) is 0 Å². The minimum Gasteiger partial charge on any atom is -0.508 e. The van der Waals surface area contributed by atoms with Crippen molar-refractivity contribution in [3.05, 3.63) is 23.8 Å². The van der Waals surface area contributed by atoms with Crippen LogP contribution in [0.15, 0.2) is 18.2 Å². The normalized spacial score (nSPS) is 9.70. The molecule has 0 bridgehead atoms. The summed E-state index contributed by atoms with van der Waals surface area (Å²) in [6.45, 7) is 0. The van der Waals surface area contributed by atoms with Crippen LogP contribution in [-0.2, 0) is 5.75 Å². The maximum atomic E-state index is 9.07. The molecule has 1 rings (SSSR count). The second-order valence-electron chi connectivity index (χ2n) is 1.97. The first-order chi connectivity index (χ1) is 4.74. The van der Waals surface area contributed by atoms with Crippen molar-refractivity contribution < 1.29 is 10.2 Å². The first-order valence-corrected chi connectivity index (χ1v) is 3.49. The quantitative estimate of drug-likeness (QED) is 0.426. The molecule has 54 valence electrons. The summed E-state index contributed by atoms with van der Waals surface area (Å²) in [6, 6.07) is 4.37. The summed E-state index contributed by atoms with van der Waals surface area (Å²) in [5, 5.41) is 18.0. The lowest BCUT2D eigenvalue weighted by Crippen LogP contribution is -1.77. The van der Waals surface area contributed by atoms with E-state index in [1.807, 2.05) is 0 Å². The first kappa shape index (κ1) is 7.28. The fraction of sp³-hybridized carbons (Fsp3) is 0.143. The molecule has 0 heterocycles. The molecule has 3 heteroatoms. The highest BCUT2D eigenvalue weighted by atomic mass is 32.1. The summed E-state index contributed by atoms with van der Waals surface area (Å²) in [7, 11) is 0. The molecule has 0 aliphatic rings. The Morgan fingerprint density at radius 1 is 1.30 bits per heavy atom. The van der Waals surface area contributed by atoms with Crippen LogP contribution in [-0.4, -0.2) is 10.2 Å². The third-order valence-corrected chi connectivity index (χ3v) is 1.57. The summed E-state index contributed by atoms with van der Waals surface area (Å²) in [6.07, 6.45) is 0. The van der Waals surface area contributed by atoms with Crippen molar-refractivity contribution in [2.75, 3.05) is 0 Å². The fourth-order valence-corrected chi connectivity index (χ4v) is 0.952. The summed E-state index contributed by atoms with van der Waals surface area (Å²) in [4.78, 5) is 0. The topological polar surface area (TPSA) is 40.5 Å². The van der Waals surface area contributed by atoms with Gasteiger partial charge in [0.2, 0.25) is 0 Å². The lowest BCUT2D eigenvalue weighted by Gasteiger charge is -1.99. The van der Waals surface area contributed by atoms with Gasteiger partial charge in [0, 0.05) is 11.3 Å². The van der Waals surface area contributed by atoms with E-state index in [2.05, 4.69) is 12.6 Å². The number of phenolic OH excluding ortho intramolecular Hbond substituents is 2. The van der Waals surface area contributed by atoms with Gasteiger partial charge in [-0.15, -0.1) is 0 Å². The Morgan fingerprint density at radius 2 is 2.00 bits per heavy atom. The predicted octanol–water partition coefficient (Wildman–Crippen LogP) is 1.53. The van der Waals surface area contributed by atoms with E-state index in [0.29, 0.717) is 11.3 Å². The Bertz CT molecular complexity index is 235. The van der Waals surface area contributed by atoms with Crippen molar-refractivity contribution in [2.45, 2.75) is 5.75 Å². The highest BCUT2D eigenvalue weighted by molar-refractivity contribution is 7.79. The van der Waals surface area contributed by atoms with Crippen molar-refractivity contribution >= 4 is 12.6 Å². The van der Waals surface area contributed by atoms with Crippen molar-refractivity contribution in [1.82, 2.24) is 0 Å². The van der Waals surface area contributed by atoms with Crippen molar-refractivity contribution in [3.8, 4) is 11.5 Å². The van der Waals surface area contributed by atoms with Gasteiger partial charge in [-0.25, -0.2) is 0 Å². The van der Waals surface area contributed by atoms with Crippen LogP contribution in [0.5, 0.6) is 11.5 Å². The molecule has 10 heavy (non-hydrogen) atoms. The monoisotopic (exact) mass is 156 g/mol. The smallest absolute Gasteiger partial charge is 0.119 e. The third-order valence-electron chi connectivity index (χ3n) is 1.23. The van der Waals surface area contributed by atoms with Crippen LogP contribution in [0.3, 0.4) is 0 Å². The SMILES string of the molecule is Oc1ccc(O)c(CS)c1. The maximum Gasteiger partial charge on any atom is 0.119 e. The predicted molar refractivity (Wildman–Crippen MR) is 42.5 cm³/mol. The van der Waals surface area contributed by atoms with Crippen LogP contribution in [0.25, 0.3) is 0 Å². The molecular weight excluding hydrogens is 148 g/mol. The van der Waals surface area contributed by atoms with Crippen LogP contribution >= 0.6 is 12.6 Å². The van der Waals surface area contributed by atoms with E-state index in [9.17, 15) is 0 Å². The summed E-state index contributed by atoms with van der Waals surface area (Å²) >= 11 is 3.96. The zero-order valence-electron chi connectivity index (χ0n) is 5.28. The molecule has 2 nitrogen and oxygen atoms in total. The number of aromatic hydroxyl groups is 2. The average molecular weight is 156 g/mol. The molecule has 0 fully saturated rings. The van der Waals surface area contributed by atoms with Gasteiger partial charge in [-0.3, -0.25) is 0 Å². The minimum atomic E-state index is 0.154.